The Bertz CT molecular complexity index is 717. The summed E-state index contributed by atoms with van der Waals surface area (Å²) in [4.78, 5) is 2.60. The molecule has 0 spiro atoms. The van der Waals surface area contributed by atoms with Gasteiger partial charge < -0.3 is 10.0 Å². The second kappa shape index (κ2) is 7.49. The van der Waals surface area contributed by atoms with Gasteiger partial charge in [-0.25, -0.2) is 0 Å². The van der Waals surface area contributed by atoms with Crippen molar-refractivity contribution >= 4 is 11.6 Å². The topological polar surface area (TPSA) is 23.5 Å². The van der Waals surface area contributed by atoms with Crippen LogP contribution in [0.3, 0.4) is 0 Å². The van der Waals surface area contributed by atoms with Crippen LogP contribution in [0.4, 0.5) is 0 Å². The Balaban J connectivity index is 1.38. The van der Waals surface area contributed by atoms with Gasteiger partial charge >= 0.3 is 0 Å². The fourth-order valence-corrected chi connectivity index (χ4v) is 4.73. The lowest BCUT2D eigenvalue weighted by Crippen LogP contribution is -2.28. The monoisotopic (exact) mass is 355 g/mol. The Morgan fingerprint density at radius 2 is 1.92 bits per heavy atom. The average Bonchev–Trinajstić information content (AvgIpc) is 3.03. The van der Waals surface area contributed by atoms with E-state index in [0.717, 1.165) is 42.9 Å². The highest BCUT2D eigenvalue weighted by atomic mass is 35.5. The molecular weight excluding hydrogens is 330 g/mol. The molecule has 1 aliphatic heterocycles. The third kappa shape index (κ3) is 3.92. The normalized spacial score (nSPS) is 27.0. The zero-order valence-electron chi connectivity index (χ0n) is 14.6. The summed E-state index contributed by atoms with van der Waals surface area (Å²) in [6.45, 7) is 3.42. The van der Waals surface area contributed by atoms with E-state index in [0.29, 0.717) is 11.8 Å². The molecule has 3 atom stereocenters. The van der Waals surface area contributed by atoms with Crippen LogP contribution in [0.15, 0.2) is 48.5 Å². The fraction of sp³-hybridized carbons (Fsp3) is 0.455. The first-order valence-corrected chi connectivity index (χ1v) is 9.80. The van der Waals surface area contributed by atoms with E-state index < -0.39 is 0 Å². The molecule has 0 amide bonds. The molecule has 25 heavy (non-hydrogen) atoms. The summed E-state index contributed by atoms with van der Waals surface area (Å²) in [5.41, 5.74) is 3.77. The molecule has 0 bridgehead atoms. The van der Waals surface area contributed by atoms with E-state index in [1.165, 1.54) is 24.1 Å². The molecule has 2 nitrogen and oxygen atoms in total. The van der Waals surface area contributed by atoms with E-state index in [4.69, 9.17) is 11.6 Å². The van der Waals surface area contributed by atoms with Crippen molar-refractivity contribution in [1.82, 2.24) is 4.90 Å². The quantitative estimate of drug-likeness (QED) is 0.798. The lowest BCUT2D eigenvalue weighted by molar-refractivity contribution is 0.131. The standard InChI is InChI=1S/C22H26ClNO/c23-20-9-8-18-7-6-16(12-22(25)21(18)13-20)14-24-11-10-19(15-24)17-4-2-1-3-5-17/h1-5,8-9,13,16,19,22,25H,6-7,10-12,14-15H2. The van der Waals surface area contributed by atoms with E-state index in [2.05, 4.69) is 41.3 Å². The largest absolute Gasteiger partial charge is 0.388 e. The van der Waals surface area contributed by atoms with Crippen molar-refractivity contribution in [3.63, 3.8) is 0 Å². The Hall–Kier alpha value is -1.35. The second-order valence-corrected chi connectivity index (χ2v) is 8.09. The number of fused-ring (bicyclic) bond motifs is 1. The highest BCUT2D eigenvalue weighted by molar-refractivity contribution is 6.30. The molecule has 1 saturated heterocycles. The highest BCUT2D eigenvalue weighted by Crippen LogP contribution is 2.35. The van der Waals surface area contributed by atoms with Gasteiger partial charge in [-0.3, -0.25) is 0 Å². The molecule has 2 aromatic rings. The number of rotatable bonds is 3. The molecule has 3 unspecified atom stereocenters. The molecule has 1 fully saturated rings. The van der Waals surface area contributed by atoms with Gasteiger partial charge in [0.1, 0.15) is 0 Å². The molecule has 2 aromatic carbocycles. The number of aliphatic hydroxyl groups excluding tert-OH is 1. The van der Waals surface area contributed by atoms with Gasteiger partial charge in [0, 0.05) is 18.1 Å². The van der Waals surface area contributed by atoms with Gasteiger partial charge in [-0.2, -0.15) is 0 Å². The lowest BCUT2D eigenvalue weighted by atomic mass is 9.97. The average molecular weight is 356 g/mol. The Morgan fingerprint density at radius 3 is 2.76 bits per heavy atom. The number of aliphatic hydroxyl groups is 1. The van der Waals surface area contributed by atoms with E-state index in [9.17, 15) is 5.11 Å². The summed E-state index contributed by atoms with van der Waals surface area (Å²) in [5.74, 6) is 1.21. The predicted octanol–water partition coefficient (Wildman–Crippen LogP) is 4.82. The molecule has 4 rings (SSSR count). The Kier molecular flexibility index (Phi) is 5.12. The van der Waals surface area contributed by atoms with E-state index >= 15 is 0 Å². The number of likely N-dealkylation sites (tertiary alicyclic amines) is 1. The maximum atomic E-state index is 10.7. The first-order valence-electron chi connectivity index (χ1n) is 9.42. The van der Waals surface area contributed by atoms with Crippen LogP contribution >= 0.6 is 11.6 Å². The minimum Gasteiger partial charge on any atom is -0.388 e. The molecule has 3 heteroatoms. The van der Waals surface area contributed by atoms with Crippen LogP contribution in [0.5, 0.6) is 0 Å². The first-order chi connectivity index (χ1) is 12.2. The molecule has 0 aromatic heterocycles. The summed E-state index contributed by atoms with van der Waals surface area (Å²) in [5, 5.41) is 11.4. The first kappa shape index (κ1) is 17.1. The molecular formula is C22H26ClNO. The van der Waals surface area contributed by atoms with Crippen molar-refractivity contribution in [1.29, 1.82) is 0 Å². The molecule has 0 radical (unpaired) electrons. The van der Waals surface area contributed by atoms with E-state index in [1.54, 1.807) is 0 Å². The Morgan fingerprint density at radius 1 is 1.08 bits per heavy atom. The molecule has 0 saturated carbocycles. The van der Waals surface area contributed by atoms with Crippen molar-refractivity contribution in [2.75, 3.05) is 19.6 Å². The zero-order chi connectivity index (χ0) is 17.2. The second-order valence-electron chi connectivity index (χ2n) is 7.66. The summed E-state index contributed by atoms with van der Waals surface area (Å²) in [6, 6.07) is 16.9. The van der Waals surface area contributed by atoms with Crippen molar-refractivity contribution < 1.29 is 5.11 Å². The van der Waals surface area contributed by atoms with Crippen molar-refractivity contribution in [2.24, 2.45) is 5.92 Å². The van der Waals surface area contributed by atoms with Crippen LogP contribution in [0.2, 0.25) is 5.02 Å². The van der Waals surface area contributed by atoms with Crippen LogP contribution in [-0.2, 0) is 6.42 Å². The van der Waals surface area contributed by atoms with Gasteiger partial charge in [-0.05, 0) is 72.9 Å². The number of nitrogens with zero attached hydrogens (tertiary/aromatic N) is 1. The number of hydrogen-bond donors (Lipinski definition) is 1. The molecule has 1 aliphatic carbocycles. The molecule has 1 heterocycles. The Labute approximate surface area is 155 Å². The molecule has 1 N–H and O–H groups in total. The van der Waals surface area contributed by atoms with Crippen molar-refractivity contribution in [2.45, 2.75) is 37.7 Å². The number of aryl methyl sites for hydroxylation is 1. The van der Waals surface area contributed by atoms with Crippen molar-refractivity contribution in [3.8, 4) is 0 Å². The van der Waals surface area contributed by atoms with Gasteiger partial charge in [-0.15, -0.1) is 0 Å². The van der Waals surface area contributed by atoms with Crippen LogP contribution < -0.4 is 0 Å². The fourth-order valence-electron chi connectivity index (χ4n) is 4.55. The van der Waals surface area contributed by atoms with E-state index in [-0.39, 0.29) is 6.10 Å². The van der Waals surface area contributed by atoms with Crippen LogP contribution in [0.1, 0.15) is 48.0 Å². The third-order valence-corrected chi connectivity index (χ3v) is 6.14. The van der Waals surface area contributed by atoms with Crippen LogP contribution in [0, 0.1) is 5.92 Å². The minimum atomic E-state index is -0.381. The van der Waals surface area contributed by atoms with Crippen molar-refractivity contribution in [3.05, 3.63) is 70.2 Å². The highest BCUT2D eigenvalue weighted by Gasteiger charge is 2.28. The summed E-state index contributed by atoms with van der Waals surface area (Å²) >= 11 is 6.12. The maximum absolute atomic E-state index is 10.7. The number of hydrogen-bond acceptors (Lipinski definition) is 2. The molecule has 2 aliphatic rings. The van der Waals surface area contributed by atoms with Gasteiger partial charge in [0.2, 0.25) is 0 Å². The minimum absolute atomic E-state index is 0.381. The zero-order valence-corrected chi connectivity index (χ0v) is 15.3. The smallest absolute Gasteiger partial charge is 0.0796 e. The molecule has 132 valence electrons. The van der Waals surface area contributed by atoms with Gasteiger partial charge in [0.15, 0.2) is 0 Å². The number of benzene rings is 2. The third-order valence-electron chi connectivity index (χ3n) is 5.91. The number of halogens is 1. The van der Waals surface area contributed by atoms with Gasteiger partial charge in [-0.1, -0.05) is 48.0 Å². The van der Waals surface area contributed by atoms with Gasteiger partial charge in [0.25, 0.3) is 0 Å². The van der Waals surface area contributed by atoms with Crippen LogP contribution in [0.25, 0.3) is 0 Å². The maximum Gasteiger partial charge on any atom is 0.0796 e. The lowest BCUT2D eigenvalue weighted by Gasteiger charge is -2.24. The van der Waals surface area contributed by atoms with Gasteiger partial charge in [0.05, 0.1) is 6.10 Å². The summed E-state index contributed by atoms with van der Waals surface area (Å²) < 4.78 is 0. The van der Waals surface area contributed by atoms with Crippen LogP contribution in [-0.4, -0.2) is 29.6 Å². The predicted molar refractivity (Wildman–Crippen MR) is 103 cm³/mol. The summed E-state index contributed by atoms with van der Waals surface area (Å²) in [7, 11) is 0. The summed E-state index contributed by atoms with van der Waals surface area (Å²) in [6.07, 6.45) is 3.91. The van der Waals surface area contributed by atoms with E-state index in [1.807, 2.05) is 12.1 Å². The SMILES string of the molecule is OC1CC(CN2CCC(c3ccccc3)C2)CCc2ccc(Cl)cc21.